The lowest BCUT2D eigenvalue weighted by Gasteiger charge is -2.43. The number of morpholine rings is 1. The summed E-state index contributed by atoms with van der Waals surface area (Å²) in [5.41, 5.74) is 2.12. The fourth-order valence-electron chi connectivity index (χ4n) is 5.66. The number of aromatic nitrogens is 1. The van der Waals surface area contributed by atoms with Gasteiger partial charge in [-0.15, -0.1) is 0 Å². The highest BCUT2D eigenvalue weighted by Gasteiger charge is 2.42. The number of aryl methyl sites for hydroxylation is 1. The number of hydrogen-bond donors (Lipinski definition) is 0. The van der Waals surface area contributed by atoms with Crippen LogP contribution in [0.4, 0.5) is 4.39 Å². The molecule has 0 bridgehead atoms. The van der Waals surface area contributed by atoms with Crippen molar-refractivity contribution in [1.29, 1.82) is 0 Å². The van der Waals surface area contributed by atoms with Crippen molar-refractivity contribution >= 4 is 22.7 Å². The lowest BCUT2D eigenvalue weighted by Crippen LogP contribution is -2.52. The lowest BCUT2D eigenvalue weighted by atomic mass is 9.77. The Balaban J connectivity index is 1.41. The number of hydrogen-bond acceptors (Lipinski definition) is 4. The third kappa shape index (κ3) is 5.21. The zero-order valence-corrected chi connectivity index (χ0v) is 21.5. The fourth-order valence-corrected chi connectivity index (χ4v) is 5.66. The van der Waals surface area contributed by atoms with Gasteiger partial charge in [0.1, 0.15) is 11.6 Å². The molecule has 5 rings (SSSR count). The van der Waals surface area contributed by atoms with Crippen LogP contribution in [0.15, 0.2) is 48.5 Å². The molecule has 2 fully saturated rings. The van der Waals surface area contributed by atoms with Gasteiger partial charge in [0.2, 0.25) is 5.91 Å². The van der Waals surface area contributed by atoms with Crippen LogP contribution in [0.5, 0.6) is 5.75 Å². The van der Waals surface area contributed by atoms with Gasteiger partial charge in [0.05, 0.1) is 25.4 Å². The van der Waals surface area contributed by atoms with Gasteiger partial charge in [0.15, 0.2) is 0 Å². The van der Waals surface area contributed by atoms with Crippen molar-refractivity contribution in [1.82, 2.24) is 14.4 Å². The van der Waals surface area contributed by atoms with Crippen molar-refractivity contribution in [3.8, 4) is 5.75 Å². The van der Waals surface area contributed by atoms with Crippen LogP contribution in [-0.2, 0) is 16.6 Å². The number of para-hydroxylation sites is 1. The highest BCUT2D eigenvalue weighted by Crippen LogP contribution is 2.37. The highest BCUT2D eigenvalue weighted by atomic mass is 19.1. The van der Waals surface area contributed by atoms with E-state index in [1.54, 1.807) is 12.1 Å². The molecule has 0 radical (unpaired) electrons. The van der Waals surface area contributed by atoms with E-state index in [2.05, 4.69) is 4.57 Å². The molecule has 8 heteroatoms. The first-order valence-electron chi connectivity index (χ1n) is 12.9. The summed E-state index contributed by atoms with van der Waals surface area (Å²) in [6.45, 7) is 5.52. The molecule has 3 heterocycles. The van der Waals surface area contributed by atoms with E-state index in [0.717, 1.165) is 29.4 Å². The van der Waals surface area contributed by atoms with Crippen molar-refractivity contribution in [2.24, 2.45) is 12.5 Å². The van der Waals surface area contributed by atoms with Crippen molar-refractivity contribution in [3.05, 3.63) is 65.6 Å². The number of piperidine rings is 1. The average molecular weight is 508 g/mol. The molecule has 0 saturated carbocycles. The van der Waals surface area contributed by atoms with Crippen LogP contribution in [0.25, 0.3) is 10.9 Å². The Hall–Kier alpha value is -3.39. The average Bonchev–Trinajstić information content (AvgIpc) is 3.18. The number of rotatable bonds is 6. The van der Waals surface area contributed by atoms with Crippen LogP contribution in [0.2, 0.25) is 0 Å². The zero-order valence-electron chi connectivity index (χ0n) is 21.5. The summed E-state index contributed by atoms with van der Waals surface area (Å²) in [5, 5.41) is 0.940. The van der Waals surface area contributed by atoms with E-state index in [9.17, 15) is 14.0 Å². The molecule has 2 amide bonds. The molecule has 0 spiro atoms. The molecule has 196 valence electrons. The molecule has 2 aromatic carbocycles. The van der Waals surface area contributed by atoms with Crippen molar-refractivity contribution in [2.45, 2.75) is 26.2 Å². The molecule has 1 atom stereocenters. The van der Waals surface area contributed by atoms with Gasteiger partial charge in [-0.2, -0.15) is 0 Å². The van der Waals surface area contributed by atoms with Gasteiger partial charge in [-0.25, -0.2) is 4.39 Å². The van der Waals surface area contributed by atoms with Crippen LogP contribution >= 0.6 is 0 Å². The molecule has 3 aromatic rings. The summed E-state index contributed by atoms with van der Waals surface area (Å²) < 4.78 is 27.0. The monoisotopic (exact) mass is 507 g/mol. The van der Waals surface area contributed by atoms with E-state index in [-0.39, 0.29) is 30.7 Å². The number of carbonyl (C=O) groups is 2. The van der Waals surface area contributed by atoms with Gasteiger partial charge < -0.3 is 23.8 Å². The maximum absolute atomic E-state index is 14.0. The summed E-state index contributed by atoms with van der Waals surface area (Å²) >= 11 is 0. The number of amides is 2. The molecule has 0 aliphatic carbocycles. The van der Waals surface area contributed by atoms with Gasteiger partial charge in [-0.05, 0) is 50.1 Å². The quantitative estimate of drug-likeness (QED) is 0.502. The van der Waals surface area contributed by atoms with Crippen LogP contribution in [0.3, 0.4) is 0 Å². The topological polar surface area (TPSA) is 64.0 Å². The van der Waals surface area contributed by atoms with E-state index >= 15 is 0 Å². The van der Waals surface area contributed by atoms with Crippen LogP contribution in [0.1, 0.15) is 35.3 Å². The molecule has 2 aliphatic heterocycles. The summed E-state index contributed by atoms with van der Waals surface area (Å²) in [6, 6.07) is 13.9. The molecule has 0 N–H and O–H groups in total. The fraction of sp³-hybridized carbons (Fsp3) is 0.448. The number of fused-ring (bicyclic) bond motifs is 1. The normalized spacial score (nSPS) is 20.3. The zero-order chi connectivity index (χ0) is 26.0. The molecular weight excluding hydrogens is 473 g/mol. The third-order valence-corrected chi connectivity index (χ3v) is 7.81. The van der Waals surface area contributed by atoms with E-state index in [0.29, 0.717) is 50.7 Å². The summed E-state index contributed by atoms with van der Waals surface area (Å²) in [6.07, 6.45) is 1.83. The molecule has 0 unspecified atom stereocenters. The molecule has 2 saturated heterocycles. The number of likely N-dealkylation sites (tertiary alicyclic amines) is 1. The van der Waals surface area contributed by atoms with Gasteiger partial charge in [0.25, 0.3) is 5.91 Å². The minimum Gasteiger partial charge on any atom is -0.493 e. The second-order valence-electron chi connectivity index (χ2n) is 10.3. The number of ether oxygens (including phenoxy) is 2. The second kappa shape index (κ2) is 10.5. The first kappa shape index (κ1) is 25.3. The van der Waals surface area contributed by atoms with Crippen molar-refractivity contribution < 1.29 is 23.5 Å². The Kier molecular flexibility index (Phi) is 7.20. The minimum atomic E-state index is -0.545. The van der Waals surface area contributed by atoms with Gasteiger partial charge in [0, 0.05) is 61.7 Å². The first-order chi connectivity index (χ1) is 17.9. The summed E-state index contributed by atoms with van der Waals surface area (Å²) in [4.78, 5) is 31.1. The smallest absolute Gasteiger partial charge is 0.256 e. The standard InChI is InChI=1S/C29H34FN3O4/c1-21-27(24-6-3-4-7-25(24)31(21)2)28(35)33-13-5-12-29(19-33,18-26(34)32-14-16-36-17-15-32)20-37-23-10-8-22(30)9-11-23/h3-4,6-11H,5,12-20H2,1-2H3/t29-/m1/s1. The van der Waals surface area contributed by atoms with Crippen LogP contribution in [0, 0.1) is 18.2 Å². The largest absolute Gasteiger partial charge is 0.493 e. The molecular formula is C29H34FN3O4. The Bertz CT molecular complexity index is 1280. The Morgan fingerprint density at radius 1 is 1.03 bits per heavy atom. The minimum absolute atomic E-state index is 0.0148. The van der Waals surface area contributed by atoms with E-state index < -0.39 is 5.41 Å². The summed E-state index contributed by atoms with van der Waals surface area (Å²) in [5.74, 6) is 0.262. The Labute approximate surface area is 216 Å². The van der Waals surface area contributed by atoms with Gasteiger partial charge >= 0.3 is 0 Å². The van der Waals surface area contributed by atoms with Crippen molar-refractivity contribution in [2.75, 3.05) is 46.0 Å². The maximum atomic E-state index is 14.0. The third-order valence-electron chi connectivity index (χ3n) is 7.81. The van der Waals surface area contributed by atoms with E-state index in [1.165, 1.54) is 12.1 Å². The predicted molar refractivity (Wildman–Crippen MR) is 139 cm³/mol. The second-order valence-corrected chi connectivity index (χ2v) is 10.3. The predicted octanol–water partition coefficient (Wildman–Crippen LogP) is 4.18. The molecule has 7 nitrogen and oxygen atoms in total. The first-order valence-corrected chi connectivity index (χ1v) is 12.9. The SMILES string of the molecule is Cc1c(C(=O)N2CCC[C@@](COc3ccc(F)cc3)(CC(=O)N3CCOCC3)C2)c2ccccc2n1C. The maximum Gasteiger partial charge on any atom is 0.256 e. The Morgan fingerprint density at radius 2 is 1.76 bits per heavy atom. The number of carbonyl (C=O) groups excluding carboxylic acids is 2. The molecule has 1 aromatic heterocycles. The van der Waals surface area contributed by atoms with Crippen LogP contribution in [-0.4, -0.2) is 72.2 Å². The van der Waals surface area contributed by atoms with Crippen LogP contribution < -0.4 is 4.74 Å². The van der Waals surface area contributed by atoms with E-state index in [1.807, 2.05) is 48.0 Å². The molecule has 37 heavy (non-hydrogen) atoms. The highest BCUT2D eigenvalue weighted by molar-refractivity contribution is 6.08. The number of halogens is 1. The van der Waals surface area contributed by atoms with Gasteiger partial charge in [-0.3, -0.25) is 9.59 Å². The van der Waals surface area contributed by atoms with Gasteiger partial charge in [-0.1, -0.05) is 18.2 Å². The number of benzene rings is 2. The Morgan fingerprint density at radius 3 is 2.51 bits per heavy atom. The summed E-state index contributed by atoms with van der Waals surface area (Å²) in [7, 11) is 1.98. The molecule has 2 aliphatic rings. The van der Waals surface area contributed by atoms with E-state index in [4.69, 9.17) is 9.47 Å². The lowest BCUT2D eigenvalue weighted by molar-refractivity contribution is -0.139. The number of nitrogens with zero attached hydrogens (tertiary/aromatic N) is 3. The van der Waals surface area contributed by atoms with Crippen molar-refractivity contribution in [3.63, 3.8) is 0 Å².